The van der Waals surface area contributed by atoms with Crippen LogP contribution in [0.15, 0.2) is 53.4 Å². The van der Waals surface area contributed by atoms with Gasteiger partial charge in [-0.3, -0.25) is 9.69 Å². The van der Waals surface area contributed by atoms with Gasteiger partial charge >= 0.3 is 0 Å². The second kappa shape index (κ2) is 10.8. The third-order valence-electron chi connectivity index (χ3n) is 5.33. The Hall–Kier alpha value is -1.97. The van der Waals surface area contributed by atoms with Crippen molar-refractivity contribution in [2.24, 2.45) is 0 Å². The van der Waals surface area contributed by atoms with E-state index < -0.39 is 10.0 Å². The summed E-state index contributed by atoms with van der Waals surface area (Å²) in [6.45, 7) is 7.81. The molecule has 1 N–H and O–H groups in total. The number of carbonyl (C=O) groups excluding carboxylic acids is 1. The topological polar surface area (TPSA) is 79.0 Å². The molecule has 2 aromatic carbocycles. The first kappa shape index (κ1) is 24.7. The van der Waals surface area contributed by atoms with Gasteiger partial charge in [0.1, 0.15) is 0 Å². The molecule has 1 saturated heterocycles. The Balaban J connectivity index is 1.61. The zero-order chi connectivity index (χ0) is 23.3. The van der Waals surface area contributed by atoms with Gasteiger partial charge in [0.15, 0.2) is 0 Å². The predicted molar refractivity (Wildman–Crippen MR) is 126 cm³/mol. The van der Waals surface area contributed by atoms with E-state index >= 15 is 0 Å². The van der Waals surface area contributed by atoms with Gasteiger partial charge in [0.25, 0.3) is 0 Å². The molecule has 0 spiro atoms. The SMILES string of the molecule is CCN(CC(=O)Nc1ccc(S(=O)(=O)N2CC(C)OC(C)C2)cc1)Cc1ccccc1Cl. The summed E-state index contributed by atoms with van der Waals surface area (Å²) in [6, 6.07) is 13.8. The smallest absolute Gasteiger partial charge is 0.243 e. The standard InChI is InChI=1S/C23H30ClN3O4S/c1-4-26(15-19-7-5-6-8-22(19)24)16-23(28)25-20-9-11-21(12-10-20)32(29,30)27-13-17(2)31-18(3)14-27/h5-12,17-18H,4,13-16H2,1-3H3,(H,25,28). The van der Waals surface area contributed by atoms with Crippen molar-refractivity contribution in [3.63, 3.8) is 0 Å². The minimum atomic E-state index is -3.61. The molecule has 0 saturated carbocycles. The first-order valence-corrected chi connectivity index (χ1v) is 12.5. The molecule has 32 heavy (non-hydrogen) atoms. The molecule has 1 aliphatic rings. The number of morpholine rings is 1. The van der Waals surface area contributed by atoms with Gasteiger partial charge in [0.05, 0.1) is 23.6 Å². The maximum absolute atomic E-state index is 13.0. The molecule has 0 bridgehead atoms. The number of nitrogens with zero attached hydrogens (tertiary/aromatic N) is 2. The van der Waals surface area contributed by atoms with Gasteiger partial charge in [0.2, 0.25) is 15.9 Å². The van der Waals surface area contributed by atoms with Crippen LogP contribution in [-0.4, -0.2) is 61.9 Å². The lowest BCUT2D eigenvalue weighted by Gasteiger charge is -2.34. The van der Waals surface area contributed by atoms with Crippen molar-refractivity contribution in [1.82, 2.24) is 9.21 Å². The van der Waals surface area contributed by atoms with Crippen molar-refractivity contribution in [2.75, 3.05) is 31.5 Å². The predicted octanol–water partition coefficient (Wildman–Crippen LogP) is 3.60. The number of rotatable bonds is 8. The number of hydrogen-bond acceptors (Lipinski definition) is 5. The van der Waals surface area contributed by atoms with Crippen molar-refractivity contribution in [3.8, 4) is 0 Å². The largest absolute Gasteiger partial charge is 0.373 e. The molecule has 3 rings (SSSR count). The average molecular weight is 480 g/mol. The number of halogens is 1. The summed E-state index contributed by atoms with van der Waals surface area (Å²) in [5.41, 5.74) is 1.51. The molecular formula is C23H30ClN3O4S. The number of anilines is 1. The number of nitrogens with one attached hydrogen (secondary N) is 1. The lowest BCUT2D eigenvalue weighted by molar-refractivity contribution is -0.117. The van der Waals surface area contributed by atoms with Gasteiger partial charge in [-0.25, -0.2) is 8.42 Å². The van der Waals surface area contributed by atoms with Crippen LogP contribution >= 0.6 is 11.6 Å². The Morgan fingerprint density at radius 2 is 1.75 bits per heavy atom. The fourth-order valence-electron chi connectivity index (χ4n) is 3.74. The zero-order valence-electron chi connectivity index (χ0n) is 18.6. The maximum Gasteiger partial charge on any atom is 0.243 e. The molecule has 2 aromatic rings. The Morgan fingerprint density at radius 3 is 2.34 bits per heavy atom. The molecule has 0 radical (unpaired) electrons. The Kier molecular flexibility index (Phi) is 8.30. The molecule has 9 heteroatoms. The molecule has 2 atom stereocenters. The lowest BCUT2D eigenvalue weighted by Crippen LogP contribution is -2.48. The molecule has 1 aliphatic heterocycles. The van der Waals surface area contributed by atoms with E-state index in [-0.39, 0.29) is 29.6 Å². The van der Waals surface area contributed by atoms with E-state index in [2.05, 4.69) is 5.32 Å². The van der Waals surface area contributed by atoms with E-state index in [0.717, 1.165) is 5.56 Å². The number of amides is 1. The summed E-state index contributed by atoms with van der Waals surface area (Å²) < 4.78 is 33.0. The zero-order valence-corrected chi connectivity index (χ0v) is 20.2. The van der Waals surface area contributed by atoms with Crippen LogP contribution in [0.2, 0.25) is 5.02 Å². The van der Waals surface area contributed by atoms with Crippen LogP contribution in [0.5, 0.6) is 0 Å². The van der Waals surface area contributed by atoms with Crippen LogP contribution in [0.25, 0.3) is 0 Å². The molecule has 174 valence electrons. The fraction of sp³-hybridized carbons (Fsp3) is 0.435. The van der Waals surface area contributed by atoms with E-state index in [1.54, 1.807) is 12.1 Å². The van der Waals surface area contributed by atoms with Gasteiger partial charge in [-0.05, 0) is 56.3 Å². The van der Waals surface area contributed by atoms with Crippen LogP contribution in [0, 0.1) is 0 Å². The van der Waals surface area contributed by atoms with Gasteiger partial charge in [-0.1, -0.05) is 36.7 Å². The van der Waals surface area contributed by atoms with Crippen molar-refractivity contribution >= 4 is 33.2 Å². The molecule has 0 aromatic heterocycles. The minimum absolute atomic E-state index is 0.153. The second-order valence-corrected chi connectivity index (χ2v) is 10.4. The van der Waals surface area contributed by atoms with E-state index in [1.165, 1.54) is 16.4 Å². The molecule has 0 aliphatic carbocycles. The minimum Gasteiger partial charge on any atom is -0.373 e. The van der Waals surface area contributed by atoms with Crippen molar-refractivity contribution < 1.29 is 17.9 Å². The van der Waals surface area contributed by atoms with E-state index in [1.807, 2.05) is 49.9 Å². The highest BCUT2D eigenvalue weighted by Crippen LogP contribution is 2.23. The number of benzene rings is 2. The van der Waals surface area contributed by atoms with Crippen LogP contribution in [0.4, 0.5) is 5.69 Å². The van der Waals surface area contributed by atoms with E-state index in [0.29, 0.717) is 36.9 Å². The highest BCUT2D eigenvalue weighted by molar-refractivity contribution is 7.89. The van der Waals surface area contributed by atoms with Crippen molar-refractivity contribution in [3.05, 3.63) is 59.1 Å². The van der Waals surface area contributed by atoms with Crippen molar-refractivity contribution in [2.45, 2.75) is 44.4 Å². The molecule has 7 nitrogen and oxygen atoms in total. The Labute approximate surface area is 195 Å². The van der Waals surface area contributed by atoms with Gasteiger partial charge in [0, 0.05) is 30.3 Å². The molecule has 2 unspecified atom stereocenters. The van der Waals surface area contributed by atoms with Crippen molar-refractivity contribution in [1.29, 1.82) is 0 Å². The van der Waals surface area contributed by atoms with Crippen LogP contribution in [0.1, 0.15) is 26.3 Å². The highest BCUT2D eigenvalue weighted by Gasteiger charge is 2.32. The van der Waals surface area contributed by atoms with Crippen LogP contribution < -0.4 is 5.32 Å². The van der Waals surface area contributed by atoms with Crippen LogP contribution in [-0.2, 0) is 26.1 Å². The molecule has 1 fully saturated rings. The van der Waals surface area contributed by atoms with Gasteiger partial charge < -0.3 is 10.1 Å². The molecular weight excluding hydrogens is 450 g/mol. The molecule has 1 heterocycles. The fourth-order valence-corrected chi connectivity index (χ4v) is 5.52. The monoisotopic (exact) mass is 479 g/mol. The summed E-state index contributed by atoms with van der Waals surface area (Å²) in [5.74, 6) is -0.176. The quantitative estimate of drug-likeness (QED) is 0.625. The third-order valence-corrected chi connectivity index (χ3v) is 7.54. The molecule has 1 amide bonds. The average Bonchev–Trinajstić information content (AvgIpc) is 2.74. The van der Waals surface area contributed by atoms with Gasteiger partial charge in [-0.15, -0.1) is 0 Å². The van der Waals surface area contributed by atoms with E-state index in [9.17, 15) is 13.2 Å². The number of carbonyl (C=O) groups is 1. The normalized spacial score (nSPS) is 19.8. The highest BCUT2D eigenvalue weighted by atomic mass is 35.5. The third kappa shape index (κ3) is 6.30. The van der Waals surface area contributed by atoms with Crippen LogP contribution in [0.3, 0.4) is 0 Å². The van der Waals surface area contributed by atoms with Gasteiger partial charge in [-0.2, -0.15) is 4.31 Å². The first-order valence-electron chi connectivity index (χ1n) is 10.7. The Morgan fingerprint density at radius 1 is 1.12 bits per heavy atom. The summed E-state index contributed by atoms with van der Waals surface area (Å²) in [4.78, 5) is 14.7. The first-order chi connectivity index (χ1) is 15.2. The summed E-state index contributed by atoms with van der Waals surface area (Å²) in [6.07, 6.45) is -0.307. The number of sulfonamides is 1. The maximum atomic E-state index is 13.0. The summed E-state index contributed by atoms with van der Waals surface area (Å²) >= 11 is 6.23. The summed E-state index contributed by atoms with van der Waals surface area (Å²) in [7, 11) is -3.61. The number of hydrogen-bond donors (Lipinski definition) is 1. The number of ether oxygens (including phenoxy) is 1. The van der Waals surface area contributed by atoms with E-state index in [4.69, 9.17) is 16.3 Å². The summed E-state index contributed by atoms with van der Waals surface area (Å²) in [5, 5.41) is 3.51. The lowest BCUT2D eigenvalue weighted by atomic mass is 10.2. The second-order valence-electron chi connectivity index (χ2n) is 8.05. The Bertz CT molecular complexity index is 1020. The number of likely N-dealkylation sites (N-methyl/N-ethyl adjacent to an activating group) is 1.